The van der Waals surface area contributed by atoms with Crippen molar-refractivity contribution >= 4 is 23.6 Å². The first-order chi connectivity index (χ1) is 17.8. The molecule has 0 fully saturated rings. The fourth-order valence-electron chi connectivity index (χ4n) is 4.80. The number of hydrogen-bond donors (Lipinski definition) is 4. The Kier molecular flexibility index (Phi) is 8.47. The van der Waals surface area contributed by atoms with E-state index in [2.05, 4.69) is 10.6 Å². The topological polar surface area (TPSA) is 136 Å². The maximum Gasteiger partial charge on any atom is 0.253 e. The molecule has 2 aliphatic rings. The van der Waals surface area contributed by atoms with Crippen LogP contribution in [0.25, 0.3) is 0 Å². The third kappa shape index (κ3) is 6.69. The summed E-state index contributed by atoms with van der Waals surface area (Å²) in [6.07, 6.45) is 1.44. The van der Waals surface area contributed by atoms with Gasteiger partial charge in [0, 0.05) is 44.0 Å². The van der Waals surface area contributed by atoms with Gasteiger partial charge in [0.25, 0.3) is 11.8 Å². The summed E-state index contributed by atoms with van der Waals surface area (Å²) < 4.78 is 0. The Morgan fingerprint density at radius 1 is 1.00 bits per heavy atom. The number of aliphatic hydroxyl groups excluding tert-OH is 2. The molecule has 4 rings (SSSR count). The number of hydrogen-bond acceptors (Lipinski definition) is 6. The van der Waals surface area contributed by atoms with Crippen LogP contribution < -0.4 is 10.6 Å². The predicted molar refractivity (Wildman–Crippen MR) is 135 cm³/mol. The Labute approximate surface area is 215 Å². The van der Waals surface area contributed by atoms with E-state index < -0.39 is 41.9 Å². The van der Waals surface area contributed by atoms with Gasteiger partial charge >= 0.3 is 0 Å². The van der Waals surface area contributed by atoms with Gasteiger partial charge in [0.15, 0.2) is 0 Å². The first-order valence-corrected chi connectivity index (χ1v) is 12.4. The Hall–Kier alpha value is -3.82. The van der Waals surface area contributed by atoms with Gasteiger partial charge in [0.1, 0.15) is 0 Å². The summed E-state index contributed by atoms with van der Waals surface area (Å²) in [5.74, 6) is -2.21. The number of aliphatic hydroxyl groups is 2. The fourth-order valence-corrected chi connectivity index (χ4v) is 4.80. The third-order valence-corrected chi connectivity index (χ3v) is 6.75. The second kappa shape index (κ2) is 11.9. The summed E-state index contributed by atoms with van der Waals surface area (Å²) in [6.45, 7) is -0.122. The van der Waals surface area contributed by atoms with Gasteiger partial charge in [-0.05, 0) is 29.5 Å². The Bertz CT molecular complexity index is 1160. The molecule has 1 heterocycles. The lowest BCUT2D eigenvalue weighted by atomic mass is 9.92. The van der Waals surface area contributed by atoms with Crippen LogP contribution in [-0.4, -0.2) is 64.0 Å². The molecule has 4 N–H and O–H groups in total. The van der Waals surface area contributed by atoms with Crippen molar-refractivity contribution in [3.05, 3.63) is 83.4 Å². The molecule has 4 amide bonds. The molecule has 2 aromatic carbocycles. The first kappa shape index (κ1) is 26.2. The number of nitrogens with zero attached hydrogens (tertiary/aromatic N) is 1. The van der Waals surface area contributed by atoms with Crippen molar-refractivity contribution in [2.24, 2.45) is 5.92 Å². The number of carbonyl (C=O) groups is 4. The minimum absolute atomic E-state index is 0.0448. The highest BCUT2D eigenvalue weighted by Crippen LogP contribution is 2.32. The summed E-state index contributed by atoms with van der Waals surface area (Å²) in [6, 6.07) is 16.5. The SMILES string of the molecule is O=C(CCN1C(=O)C=CC1=O)NC[C@@H](O)C[C@@H](Cc1ccccc1)C(=O)N[C@H]1c2ccccc2C[C@H]1O. The molecule has 0 saturated carbocycles. The number of amides is 4. The van der Waals surface area contributed by atoms with Gasteiger partial charge in [0.05, 0.1) is 18.2 Å². The largest absolute Gasteiger partial charge is 0.391 e. The van der Waals surface area contributed by atoms with Crippen LogP contribution in [-0.2, 0) is 32.0 Å². The van der Waals surface area contributed by atoms with Crippen molar-refractivity contribution < 1.29 is 29.4 Å². The Morgan fingerprint density at radius 3 is 2.41 bits per heavy atom. The molecule has 2 aromatic rings. The molecule has 0 saturated heterocycles. The highest BCUT2D eigenvalue weighted by atomic mass is 16.3. The van der Waals surface area contributed by atoms with Crippen LogP contribution in [0.15, 0.2) is 66.7 Å². The Balaban J connectivity index is 1.34. The number of imide groups is 1. The first-order valence-electron chi connectivity index (χ1n) is 12.4. The standard InChI is InChI=1S/C28H31N3O6/c32-21(17-29-24(34)12-13-31-25(35)10-11-26(31)36)15-20(14-18-6-2-1-3-7-18)28(37)30-27-22-9-5-4-8-19(22)16-23(27)33/h1-11,20-21,23,27,32-33H,12-17H2,(H,29,34)(H,30,37)/t20-,21+,23-,27+/m1/s1. The maximum absolute atomic E-state index is 13.3. The van der Waals surface area contributed by atoms with Crippen LogP contribution >= 0.6 is 0 Å². The zero-order chi connectivity index (χ0) is 26.4. The van der Waals surface area contributed by atoms with Gasteiger partial charge in [-0.15, -0.1) is 0 Å². The second-order valence-corrected chi connectivity index (χ2v) is 9.45. The van der Waals surface area contributed by atoms with Crippen LogP contribution in [0.1, 0.15) is 35.6 Å². The van der Waals surface area contributed by atoms with E-state index in [0.29, 0.717) is 12.8 Å². The lowest BCUT2D eigenvalue weighted by Crippen LogP contribution is -2.41. The fraction of sp³-hybridized carbons (Fsp3) is 0.357. The van der Waals surface area contributed by atoms with Crippen LogP contribution in [0, 0.1) is 5.92 Å². The van der Waals surface area contributed by atoms with Gasteiger partial charge in [-0.1, -0.05) is 54.6 Å². The van der Waals surface area contributed by atoms with Crippen molar-refractivity contribution in [3.8, 4) is 0 Å². The van der Waals surface area contributed by atoms with Gasteiger partial charge in [0.2, 0.25) is 11.8 Å². The van der Waals surface area contributed by atoms with E-state index in [9.17, 15) is 29.4 Å². The molecule has 1 aliphatic carbocycles. The summed E-state index contributed by atoms with van der Waals surface area (Å²) in [5, 5.41) is 26.8. The van der Waals surface area contributed by atoms with Crippen LogP contribution in [0.3, 0.4) is 0 Å². The molecule has 0 radical (unpaired) electrons. The molecule has 0 unspecified atom stereocenters. The molecule has 0 bridgehead atoms. The third-order valence-electron chi connectivity index (χ3n) is 6.75. The second-order valence-electron chi connectivity index (χ2n) is 9.45. The molecular weight excluding hydrogens is 474 g/mol. The van der Waals surface area contributed by atoms with Crippen LogP contribution in [0.5, 0.6) is 0 Å². The minimum atomic E-state index is -0.999. The molecule has 0 spiro atoms. The number of benzene rings is 2. The molecule has 4 atom stereocenters. The van der Waals surface area contributed by atoms with E-state index >= 15 is 0 Å². The van der Waals surface area contributed by atoms with Crippen molar-refractivity contribution in [2.45, 2.75) is 43.9 Å². The molecule has 194 valence electrons. The van der Waals surface area contributed by atoms with E-state index in [0.717, 1.165) is 33.7 Å². The number of fused-ring (bicyclic) bond motifs is 1. The lowest BCUT2D eigenvalue weighted by molar-refractivity contribution is -0.137. The maximum atomic E-state index is 13.3. The smallest absolute Gasteiger partial charge is 0.253 e. The van der Waals surface area contributed by atoms with Crippen molar-refractivity contribution in [3.63, 3.8) is 0 Å². The summed E-state index contributed by atoms with van der Waals surface area (Å²) in [4.78, 5) is 49.7. The number of rotatable bonds is 11. The number of nitrogens with one attached hydrogen (secondary N) is 2. The van der Waals surface area contributed by atoms with Crippen LogP contribution in [0.2, 0.25) is 0 Å². The number of carbonyl (C=O) groups excluding carboxylic acids is 4. The molecular formula is C28H31N3O6. The quantitative estimate of drug-likeness (QED) is 0.334. The van der Waals surface area contributed by atoms with E-state index in [1.54, 1.807) is 0 Å². The molecule has 1 aliphatic heterocycles. The monoisotopic (exact) mass is 505 g/mol. The van der Waals surface area contributed by atoms with Crippen LogP contribution in [0.4, 0.5) is 0 Å². The van der Waals surface area contributed by atoms with Crippen molar-refractivity contribution in [1.82, 2.24) is 15.5 Å². The molecule has 0 aromatic heterocycles. The average Bonchev–Trinajstić information content (AvgIpc) is 3.38. The minimum Gasteiger partial charge on any atom is -0.391 e. The van der Waals surface area contributed by atoms with E-state index in [1.807, 2.05) is 54.6 Å². The summed E-state index contributed by atoms with van der Waals surface area (Å²) in [5.41, 5.74) is 2.82. The lowest BCUT2D eigenvalue weighted by Gasteiger charge is -2.24. The average molecular weight is 506 g/mol. The molecule has 37 heavy (non-hydrogen) atoms. The van der Waals surface area contributed by atoms with Crippen molar-refractivity contribution in [1.29, 1.82) is 0 Å². The molecule has 9 nitrogen and oxygen atoms in total. The summed E-state index contributed by atoms with van der Waals surface area (Å²) >= 11 is 0. The van der Waals surface area contributed by atoms with Gasteiger partial charge < -0.3 is 20.8 Å². The van der Waals surface area contributed by atoms with Gasteiger partial charge in [-0.25, -0.2) is 0 Å². The highest BCUT2D eigenvalue weighted by molar-refractivity contribution is 6.13. The van der Waals surface area contributed by atoms with E-state index in [1.165, 1.54) is 0 Å². The zero-order valence-corrected chi connectivity index (χ0v) is 20.4. The highest BCUT2D eigenvalue weighted by Gasteiger charge is 2.34. The van der Waals surface area contributed by atoms with Gasteiger partial charge in [-0.2, -0.15) is 0 Å². The zero-order valence-electron chi connectivity index (χ0n) is 20.4. The predicted octanol–water partition coefficient (Wildman–Crippen LogP) is 0.802. The van der Waals surface area contributed by atoms with Gasteiger partial charge in [-0.3, -0.25) is 24.1 Å². The van der Waals surface area contributed by atoms with E-state index in [-0.39, 0.29) is 31.8 Å². The normalized spacial score (nSPS) is 20.0. The summed E-state index contributed by atoms with van der Waals surface area (Å²) in [7, 11) is 0. The molecule has 9 heteroatoms. The van der Waals surface area contributed by atoms with Crippen molar-refractivity contribution in [2.75, 3.05) is 13.1 Å². The Morgan fingerprint density at radius 2 is 1.68 bits per heavy atom. The van der Waals surface area contributed by atoms with E-state index in [4.69, 9.17) is 0 Å².